The molecule has 1 aliphatic rings. The number of fused-ring (bicyclic) bond motifs is 1. The zero-order valence-corrected chi connectivity index (χ0v) is 25.4. The fourth-order valence-electron chi connectivity index (χ4n) is 5.54. The van der Waals surface area contributed by atoms with Gasteiger partial charge in [-0.1, -0.05) is 42.0 Å². The molecule has 2 heterocycles. The lowest BCUT2D eigenvalue weighted by atomic mass is 9.91. The van der Waals surface area contributed by atoms with Crippen molar-refractivity contribution in [1.29, 1.82) is 0 Å². The van der Waals surface area contributed by atoms with Gasteiger partial charge in [-0.05, 0) is 64.4 Å². The van der Waals surface area contributed by atoms with E-state index in [-0.39, 0.29) is 17.1 Å². The summed E-state index contributed by atoms with van der Waals surface area (Å²) in [4.78, 5) is 16.3. The maximum Gasteiger partial charge on any atom is 0.223 e. The first-order valence-electron chi connectivity index (χ1n) is 14.2. The van der Waals surface area contributed by atoms with Crippen molar-refractivity contribution in [3.63, 3.8) is 0 Å². The highest BCUT2D eigenvalue weighted by atomic mass is 32.2. The lowest BCUT2D eigenvalue weighted by Gasteiger charge is -2.32. The number of pyridine rings is 1. The molecule has 0 spiro atoms. The molecule has 222 valence electrons. The van der Waals surface area contributed by atoms with Crippen molar-refractivity contribution in [3.05, 3.63) is 82.8 Å². The first-order valence-corrected chi connectivity index (χ1v) is 16.1. The summed E-state index contributed by atoms with van der Waals surface area (Å²) in [6.07, 6.45) is 6.06. The van der Waals surface area contributed by atoms with Crippen LogP contribution < -0.4 is 5.32 Å². The van der Waals surface area contributed by atoms with Crippen molar-refractivity contribution >= 4 is 26.8 Å². The number of aromatic nitrogens is 3. The molecule has 0 radical (unpaired) electrons. The zero-order chi connectivity index (χ0) is 29.9. The van der Waals surface area contributed by atoms with Crippen LogP contribution in [0.4, 0.5) is 10.3 Å². The number of anilines is 1. The van der Waals surface area contributed by atoms with Gasteiger partial charge in [0, 0.05) is 35.9 Å². The molecule has 2 aromatic carbocycles. The van der Waals surface area contributed by atoms with Crippen LogP contribution in [0.25, 0.3) is 22.3 Å². The predicted molar refractivity (Wildman–Crippen MR) is 164 cm³/mol. The summed E-state index contributed by atoms with van der Waals surface area (Å²) in [5, 5.41) is 3.49. The van der Waals surface area contributed by atoms with Crippen molar-refractivity contribution in [2.24, 2.45) is 0 Å². The first-order chi connectivity index (χ1) is 20.1. The smallest absolute Gasteiger partial charge is 0.223 e. The monoisotopic (exact) mass is 591 g/mol. The molecule has 42 heavy (non-hydrogen) atoms. The highest BCUT2D eigenvalue weighted by Gasteiger charge is 2.23. The van der Waals surface area contributed by atoms with Crippen LogP contribution >= 0.6 is 0 Å². The van der Waals surface area contributed by atoms with Crippen molar-refractivity contribution in [2.75, 3.05) is 26.5 Å². The van der Waals surface area contributed by atoms with E-state index < -0.39 is 15.7 Å². The van der Waals surface area contributed by atoms with E-state index in [9.17, 15) is 8.42 Å². The van der Waals surface area contributed by atoms with Crippen LogP contribution in [-0.2, 0) is 32.7 Å². The Hall–Kier alpha value is -3.47. The third-order valence-corrected chi connectivity index (χ3v) is 9.44. The van der Waals surface area contributed by atoms with Gasteiger partial charge in [-0.25, -0.2) is 27.8 Å². The number of ether oxygens (including phenoxy) is 1. The van der Waals surface area contributed by atoms with E-state index in [0.717, 1.165) is 36.8 Å². The van der Waals surface area contributed by atoms with Crippen LogP contribution in [0.5, 0.6) is 0 Å². The predicted octanol–water partition coefficient (Wildman–Crippen LogP) is 5.69. The standard InChI is InChI=1S/C32H38FN5O3S/c1-21-5-7-22(8-6-21)19-42(39,40)20-24-10-9-23(15-28(24)33)29-16-25(18-41-4)31-30(36-29)17-34-32(37-31)35-26-11-13-27(14-12-26)38(2)3/h5-10,15-17,26-27H,11-14,18-20H2,1-4H3,(H,34,35,37). The minimum Gasteiger partial charge on any atom is -0.380 e. The van der Waals surface area contributed by atoms with Crippen LogP contribution in [0.15, 0.2) is 54.7 Å². The van der Waals surface area contributed by atoms with Gasteiger partial charge < -0.3 is 15.0 Å². The Morgan fingerprint density at radius 1 is 0.976 bits per heavy atom. The number of nitrogens with zero attached hydrogens (tertiary/aromatic N) is 4. The highest BCUT2D eigenvalue weighted by molar-refractivity contribution is 7.89. The maximum atomic E-state index is 15.2. The Labute approximate surface area is 247 Å². The molecule has 4 aromatic rings. The highest BCUT2D eigenvalue weighted by Crippen LogP contribution is 2.28. The number of methoxy groups -OCH3 is 1. The molecular formula is C32H38FN5O3S. The van der Waals surface area contributed by atoms with Crippen LogP contribution in [0.3, 0.4) is 0 Å². The van der Waals surface area contributed by atoms with Crippen molar-refractivity contribution in [3.8, 4) is 11.3 Å². The van der Waals surface area contributed by atoms with Crippen molar-refractivity contribution < 1.29 is 17.5 Å². The van der Waals surface area contributed by atoms with Gasteiger partial charge in [0.1, 0.15) is 11.3 Å². The van der Waals surface area contributed by atoms with E-state index in [4.69, 9.17) is 14.7 Å². The van der Waals surface area contributed by atoms with Crippen LogP contribution in [0.2, 0.25) is 0 Å². The normalized spacial score (nSPS) is 17.6. The largest absolute Gasteiger partial charge is 0.380 e. The molecule has 0 amide bonds. The van der Waals surface area contributed by atoms with Crippen molar-refractivity contribution in [1.82, 2.24) is 19.9 Å². The molecule has 0 unspecified atom stereocenters. The van der Waals surface area contributed by atoms with Gasteiger partial charge in [-0.3, -0.25) is 0 Å². The Bertz CT molecular complexity index is 1650. The number of aryl methyl sites for hydroxylation is 1. The SMILES string of the molecule is COCc1cc(-c2ccc(CS(=O)(=O)Cc3ccc(C)cc3)c(F)c2)nc2cnc(NC3CCC(N(C)C)CC3)nc12. The molecule has 2 aromatic heterocycles. The summed E-state index contributed by atoms with van der Waals surface area (Å²) in [6.45, 7) is 2.24. The Morgan fingerprint density at radius 2 is 1.71 bits per heavy atom. The summed E-state index contributed by atoms with van der Waals surface area (Å²) >= 11 is 0. The summed E-state index contributed by atoms with van der Waals surface area (Å²) in [5.74, 6) is -0.553. The molecule has 8 nitrogen and oxygen atoms in total. The molecule has 1 aliphatic carbocycles. The second-order valence-corrected chi connectivity index (χ2v) is 13.5. The third-order valence-electron chi connectivity index (χ3n) is 7.92. The molecule has 0 atom stereocenters. The number of benzene rings is 2. The zero-order valence-electron chi connectivity index (χ0n) is 24.6. The van der Waals surface area contributed by atoms with E-state index in [0.29, 0.717) is 52.5 Å². The summed E-state index contributed by atoms with van der Waals surface area (Å²) in [6, 6.07) is 14.6. The summed E-state index contributed by atoms with van der Waals surface area (Å²) < 4.78 is 46.3. The summed E-state index contributed by atoms with van der Waals surface area (Å²) in [5.41, 5.74) is 4.99. The van der Waals surface area contributed by atoms with Crippen molar-refractivity contribution in [2.45, 2.75) is 62.8 Å². The second kappa shape index (κ2) is 12.8. The fraction of sp³-hybridized carbons (Fsp3) is 0.406. The Morgan fingerprint density at radius 3 is 2.38 bits per heavy atom. The van der Waals surface area contributed by atoms with Crippen LogP contribution in [-0.4, -0.2) is 61.6 Å². The van der Waals surface area contributed by atoms with E-state index in [1.165, 1.54) is 12.1 Å². The molecule has 5 rings (SSSR count). The minimum absolute atomic E-state index is 0.127. The number of halogens is 1. The quantitative estimate of drug-likeness (QED) is 0.251. The third kappa shape index (κ3) is 7.29. The molecule has 0 saturated heterocycles. The number of hydrogen-bond donors (Lipinski definition) is 1. The molecule has 1 fully saturated rings. The van der Waals surface area contributed by atoms with Crippen LogP contribution in [0, 0.1) is 12.7 Å². The topological polar surface area (TPSA) is 97.3 Å². The van der Waals surface area contributed by atoms with E-state index >= 15 is 4.39 Å². The Kier molecular flexibility index (Phi) is 9.15. The number of hydrogen-bond acceptors (Lipinski definition) is 8. The number of sulfone groups is 1. The van der Waals surface area contributed by atoms with Gasteiger partial charge in [0.05, 0.1) is 35.5 Å². The van der Waals surface area contributed by atoms with E-state index in [1.54, 1.807) is 31.5 Å². The van der Waals surface area contributed by atoms with Gasteiger partial charge in [-0.2, -0.15) is 0 Å². The summed E-state index contributed by atoms with van der Waals surface area (Å²) in [7, 11) is 2.31. The van der Waals surface area contributed by atoms with Gasteiger partial charge in [0.2, 0.25) is 5.95 Å². The van der Waals surface area contributed by atoms with Gasteiger partial charge >= 0.3 is 0 Å². The Balaban J connectivity index is 1.35. The van der Waals surface area contributed by atoms with E-state index in [2.05, 4.69) is 29.3 Å². The fourth-order valence-corrected chi connectivity index (χ4v) is 7.05. The number of nitrogens with one attached hydrogen (secondary N) is 1. The lowest BCUT2D eigenvalue weighted by Crippen LogP contribution is -2.36. The average molecular weight is 592 g/mol. The van der Waals surface area contributed by atoms with Gasteiger partial charge in [0.15, 0.2) is 9.84 Å². The lowest BCUT2D eigenvalue weighted by molar-refractivity contribution is 0.186. The molecule has 10 heteroatoms. The molecule has 0 aliphatic heterocycles. The van der Waals surface area contributed by atoms with E-state index in [1.807, 2.05) is 25.1 Å². The molecule has 1 N–H and O–H groups in total. The second-order valence-electron chi connectivity index (χ2n) is 11.5. The molecular weight excluding hydrogens is 553 g/mol. The molecule has 0 bridgehead atoms. The number of rotatable bonds is 10. The minimum atomic E-state index is -3.56. The first kappa shape index (κ1) is 30.0. The molecule has 1 saturated carbocycles. The average Bonchev–Trinajstić information content (AvgIpc) is 2.95. The van der Waals surface area contributed by atoms with Gasteiger partial charge in [-0.15, -0.1) is 0 Å². The maximum absolute atomic E-state index is 15.2. The van der Waals surface area contributed by atoms with Crippen LogP contribution in [0.1, 0.15) is 47.9 Å². The van der Waals surface area contributed by atoms with Gasteiger partial charge in [0.25, 0.3) is 0 Å².